The molecule has 5 rings (SSSR count). The highest BCUT2D eigenvalue weighted by atomic mass is 16.5. The average molecular weight is 435 g/mol. The third-order valence-electron chi connectivity index (χ3n) is 6.60. The van der Waals surface area contributed by atoms with Gasteiger partial charge in [0.05, 0.1) is 26.2 Å². The van der Waals surface area contributed by atoms with Gasteiger partial charge in [-0.3, -0.25) is 9.59 Å². The summed E-state index contributed by atoms with van der Waals surface area (Å²) in [5, 5.41) is 0.947. The Bertz CT molecular complexity index is 1220. The molecule has 0 atom stereocenters. The number of piperidine rings is 1. The third kappa shape index (κ3) is 3.11. The van der Waals surface area contributed by atoms with Gasteiger partial charge in [0, 0.05) is 36.9 Å². The van der Waals surface area contributed by atoms with Gasteiger partial charge in [-0.25, -0.2) is 0 Å². The smallest absolute Gasteiger partial charge is 0.289 e. The summed E-state index contributed by atoms with van der Waals surface area (Å²) >= 11 is 0. The van der Waals surface area contributed by atoms with Gasteiger partial charge in [0.15, 0.2) is 23.0 Å². The first-order chi connectivity index (χ1) is 15.5. The van der Waals surface area contributed by atoms with Gasteiger partial charge in [-0.05, 0) is 25.1 Å². The Labute approximate surface area is 185 Å². The third-order valence-corrected chi connectivity index (χ3v) is 6.60. The molecular formula is C25H25NO6. The number of methoxy groups -OCH3 is 2. The van der Waals surface area contributed by atoms with Crippen molar-refractivity contribution in [1.82, 2.24) is 4.90 Å². The number of nitrogens with zero attached hydrogens (tertiary/aromatic N) is 1. The number of para-hydroxylation sites is 1. The van der Waals surface area contributed by atoms with Gasteiger partial charge in [0.1, 0.15) is 11.2 Å². The topological polar surface area (TPSA) is 78.2 Å². The molecule has 1 fully saturated rings. The number of benzene rings is 2. The van der Waals surface area contributed by atoms with Gasteiger partial charge in [-0.2, -0.15) is 0 Å². The Morgan fingerprint density at radius 3 is 2.50 bits per heavy atom. The number of hydrogen-bond donors (Lipinski definition) is 0. The van der Waals surface area contributed by atoms with Crippen LogP contribution in [0.1, 0.15) is 45.7 Å². The number of furan rings is 1. The molecule has 2 aliphatic rings. The lowest BCUT2D eigenvalue weighted by Gasteiger charge is -2.44. The van der Waals surface area contributed by atoms with Crippen LogP contribution in [0.15, 0.2) is 40.8 Å². The minimum absolute atomic E-state index is 0.0140. The summed E-state index contributed by atoms with van der Waals surface area (Å²) in [5.74, 6) is 1.63. The monoisotopic (exact) mass is 435 g/mol. The standard InChI is InChI=1S/C25H25NO6/c1-15-16-6-4-5-7-19(16)31-21(15)24(28)26-12-10-25(11-13-26)14-18(27)17-8-9-20(29-2)23(30-3)22(17)32-25/h4-9H,10-14H2,1-3H3. The molecule has 0 unspecified atom stereocenters. The fraction of sp³-hybridized carbons (Fsp3) is 0.360. The van der Waals surface area contributed by atoms with E-state index in [1.165, 1.54) is 7.11 Å². The van der Waals surface area contributed by atoms with Crippen LogP contribution in [-0.4, -0.2) is 49.5 Å². The van der Waals surface area contributed by atoms with Crippen LogP contribution in [0.2, 0.25) is 0 Å². The predicted octanol–water partition coefficient (Wildman–Crippen LogP) is 4.40. The van der Waals surface area contributed by atoms with E-state index in [9.17, 15) is 9.59 Å². The molecule has 32 heavy (non-hydrogen) atoms. The minimum atomic E-state index is -0.663. The second-order valence-corrected chi connectivity index (χ2v) is 8.41. The number of rotatable bonds is 3. The summed E-state index contributed by atoms with van der Waals surface area (Å²) in [5.41, 5.74) is 1.40. The molecule has 0 bridgehead atoms. The fourth-order valence-corrected chi connectivity index (χ4v) is 4.78. The molecule has 2 aromatic carbocycles. The molecule has 7 nitrogen and oxygen atoms in total. The molecule has 7 heteroatoms. The van der Waals surface area contributed by atoms with E-state index in [1.807, 2.05) is 31.2 Å². The molecule has 0 aliphatic carbocycles. The van der Waals surface area contributed by atoms with E-state index < -0.39 is 5.60 Å². The zero-order chi connectivity index (χ0) is 22.5. The molecule has 1 saturated heterocycles. The maximum absolute atomic E-state index is 13.2. The van der Waals surface area contributed by atoms with E-state index in [-0.39, 0.29) is 18.1 Å². The number of ether oxygens (including phenoxy) is 3. The van der Waals surface area contributed by atoms with Crippen LogP contribution in [0.4, 0.5) is 0 Å². The van der Waals surface area contributed by atoms with Crippen LogP contribution < -0.4 is 14.2 Å². The van der Waals surface area contributed by atoms with E-state index >= 15 is 0 Å². The second kappa shape index (κ2) is 7.58. The van der Waals surface area contributed by atoms with Crippen molar-refractivity contribution in [1.29, 1.82) is 0 Å². The maximum atomic E-state index is 13.2. The van der Waals surface area contributed by atoms with Crippen molar-refractivity contribution in [3.8, 4) is 17.2 Å². The number of hydrogen-bond acceptors (Lipinski definition) is 6. The van der Waals surface area contributed by atoms with Crippen LogP contribution in [-0.2, 0) is 0 Å². The highest BCUT2D eigenvalue weighted by Crippen LogP contribution is 2.48. The molecule has 3 aromatic rings. The number of Topliss-reactive ketones (excluding diaryl/α,β-unsaturated/α-hetero) is 1. The number of amides is 1. The van der Waals surface area contributed by atoms with Crippen LogP contribution >= 0.6 is 0 Å². The zero-order valence-electron chi connectivity index (χ0n) is 18.4. The van der Waals surface area contributed by atoms with Gasteiger partial charge < -0.3 is 23.5 Å². The van der Waals surface area contributed by atoms with Gasteiger partial charge in [-0.1, -0.05) is 18.2 Å². The molecule has 1 aromatic heterocycles. The molecular weight excluding hydrogens is 410 g/mol. The summed E-state index contributed by atoms with van der Waals surface area (Å²) in [6, 6.07) is 11.1. The summed E-state index contributed by atoms with van der Waals surface area (Å²) in [7, 11) is 3.08. The van der Waals surface area contributed by atoms with E-state index in [1.54, 1.807) is 24.1 Å². The minimum Gasteiger partial charge on any atom is -0.493 e. The first kappa shape index (κ1) is 20.4. The van der Waals surface area contributed by atoms with Crippen LogP contribution in [0.3, 0.4) is 0 Å². The van der Waals surface area contributed by atoms with Gasteiger partial charge in [0.25, 0.3) is 5.91 Å². The van der Waals surface area contributed by atoms with Crippen LogP contribution in [0.25, 0.3) is 11.0 Å². The Hall–Kier alpha value is -3.48. The number of carbonyl (C=O) groups excluding carboxylic acids is 2. The fourth-order valence-electron chi connectivity index (χ4n) is 4.78. The molecule has 0 saturated carbocycles. The summed E-state index contributed by atoms with van der Waals surface area (Å²) in [4.78, 5) is 27.9. The van der Waals surface area contributed by atoms with E-state index in [2.05, 4.69) is 0 Å². The molecule has 2 aliphatic heterocycles. The SMILES string of the molecule is COc1ccc2c(c1OC)OC1(CCN(C(=O)c3oc4ccccc4c3C)CC1)CC2=O. The number of likely N-dealkylation sites (tertiary alicyclic amines) is 1. The van der Waals surface area contributed by atoms with Crippen molar-refractivity contribution < 1.29 is 28.2 Å². The van der Waals surface area contributed by atoms with Crippen molar-refractivity contribution in [3.05, 3.63) is 53.3 Å². The molecule has 0 N–H and O–H groups in total. The van der Waals surface area contributed by atoms with Crippen molar-refractivity contribution >= 4 is 22.7 Å². The molecule has 3 heterocycles. The number of ketones is 1. The summed E-state index contributed by atoms with van der Waals surface area (Å²) < 4.78 is 23.1. The zero-order valence-corrected chi connectivity index (χ0v) is 18.4. The highest BCUT2D eigenvalue weighted by molar-refractivity contribution is 6.02. The number of carbonyl (C=O) groups is 2. The number of fused-ring (bicyclic) bond motifs is 2. The van der Waals surface area contributed by atoms with Crippen molar-refractivity contribution in [2.75, 3.05) is 27.3 Å². The molecule has 0 radical (unpaired) electrons. The summed E-state index contributed by atoms with van der Waals surface area (Å²) in [6.45, 7) is 2.86. The van der Waals surface area contributed by atoms with Gasteiger partial charge in [-0.15, -0.1) is 0 Å². The van der Waals surface area contributed by atoms with Crippen molar-refractivity contribution in [2.24, 2.45) is 0 Å². The summed E-state index contributed by atoms with van der Waals surface area (Å²) in [6.07, 6.45) is 1.37. The van der Waals surface area contributed by atoms with E-state index in [4.69, 9.17) is 18.6 Å². The highest BCUT2D eigenvalue weighted by Gasteiger charge is 2.45. The predicted molar refractivity (Wildman–Crippen MR) is 118 cm³/mol. The Morgan fingerprint density at radius 2 is 1.81 bits per heavy atom. The molecule has 1 amide bonds. The van der Waals surface area contributed by atoms with E-state index in [0.29, 0.717) is 60.1 Å². The van der Waals surface area contributed by atoms with Crippen molar-refractivity contribution in [2.45, 2.75) is 31.8 Å². The lowest BCUT2D eigenvalue weighted by Crippen LogP contribution is -2.52. The lowest BCUT2D eigenvalue weighted by molar-refractivity contribution is -0.00811. The first-order valence-electron chi connectivity index (χ1n) is 10.7. The largest absolute Gasteiger partial charge is 0.493 e. The van der Waals surface area contributed by atoms with Crippen LogP contribution in [0.5, 0.6) is 17.2 Å². The average Bonchev–Trinajstić information content (AvgIpc) is 3.15. The quantitative estimate of drug-likeness (QED) is 0.607. The van der Waals surface area contributed by atoms with Crippen LogP contribution in [0, 0.1) is 6.92 Å². The number of aryl methyl sites for hydroxylation is 1. The molecule has 1 spiro atoms. The Kier molecular flexibility index (Phi) is 4.84. The van der Waals surface area contributed by atoms with Crippen molar-refractivity contribution in [3.63, 3.8) is 0 Å². The maximum Gasteiger partial charge on any atom is 0.289 e. The Morgan fingerprint density at radius 1 is 1.06 bits per heavy atom. The Balaban J connectivity index is 1.38. The van der Waals surface area contributed by atoms with Gasteiger partial charge in [0.2, 0.25) is 5.75 Å². The van der Waals surface area contributed by atoms with Gasteiger partial charge >= 0.3 is 0 Å². The van der Waals surface area contributed by atoms with E-state index in [0.717, 1.165) is 10.9 Å². The first-order valence-corrected chi connectivity index (χ1v) is 10.7. The second-order valence-electron chi connectivity index (χ2n) is 8.41. The molecule has 166 valence electrons. The lowest BCUT2D eigenvalue weighted by atomic mass is 9.82. The normalized spacial score (nSPS) is 17.2.